The third kappa shape index (κ3) is 8.46. The van der Waals surface area contributed by atoms with Crippen LogP contribution >= 0.6 is 0 Å². The average molecular weight is 963 g/mol. The summed E-state index contributed by atoms with van der Waals surface area (Å²) in [6.07, 6.45) is 0. The molecule has 9 rings (SSSR count). The normalized spacial score (nSPS) is 14.1. The molecule has 0 aliphatic carbocycles. The van der Waals surface area contributed by atoms with E-state index in [1.54, 1.807) is 0 Å². The van der Waals surface area contributed by atoms with E-state index in [-0.39, 0.29) is 43.3 Å². The van der Waals surface area contributed by atoms with Crippen molar-refractivity contribution in [3.63, 3.8) is 0 Å². The summed E-state index contributed by atoms with van der Waals surface area (Å²) in [6.45, 7) is 54.9. The van der Waals surface area contributed by atoms with Crippen LogP contribution in [0.1, 0.15) is 211 Å². The topological polar surface area (TPSA) is 109 Å². The molecule has 0 radical (unpaired) electrons. The quantitative estimate of drug-likeness (QED) is 0.157. The number of rotatable bonds is 0. The zero-order chi connectivity index (χ0) is 53.2. The molecular formula is C64H82N8. The van der Waals surface area contributed by atoms with E-state index < -0.39 is 0 Å². The zero-order valence-corrected chi connectivity index (χ0v) is 48.3. The van der Waals surface area contributed by atoms with Crippen molar-refractivity contribution in [2.75, 3.05) is 0 Å². The molecule has 2 aliphatic heterocycles. The van der Waals surface area contributed by atoms with Gasteiger partial charge in [-0.3, -0.25) is 0 Å². The van der Waals surface area contributed by atoms with Crippen LogP contribution in [-0.4, -0.2) is 39.9 Å². The number of benzene rings is 4. The van der Waals surface area contributed by atoms with Gasteiger partial charge in [-0.15, -0.1) is 0 Å². The fourth-order valence-electron chi connectivity index (χ4n) is 11.3. The van der Waals surface area contributed by atoms with Crippen LogP contribution < -0.4 is 0 Å². The molecule has 8 bridgehead atoms. The highest BCUT2D eigenvalue weighted by Crippen LogP contribution is 2.50. The van der Waals surface area contributed by atoms with Crippen molar-refractivity contribution in [2.45, 2.75) is 209 Å². The summed E-state index contributed by atoms with van der Waals surface area (Å²) in [7, 11) is 0. The van der Waals surface area contributed by atoms with Gasteiger partial charge in [-0.2, -0.15) is 0 Å². The molecule has 3 aromatic heterocycles. The van der Waals surface area contributed by atoms with Gasteiger partial charge in [-0.05, 0) is 87.8 Å². The Morgan fingerprint density at radius 1 is 0.222 bits per heavy atom. The lowest BCUT2D eigenvalue weighted by atomic mass is 9.76. The first-order valence-corrected chi connectivity index (χ1v) is 26.3. The maximum absolute atomic E-state index is 5.82. The van der Waals surface area contributed by atoms with E-state index in [1.807, 2.05) is 0 Å². The number of H-pyrrole nitrogens is 2. The molecule has 2 aliphatic rings. The molecule has 0 spiro atoms. The van der Waals surface area contributed by atoms with Crippen molar-refractivity contribution in [2.24, 2.45) is 0 Å². The van der Waals surface area contributed by atoms with Gasteiger partial charge >= 0.3 is 0 Å². The van der Waals surface area contributed by atoms with Crippen LogP contribution in [0, 0.1) is 0 Å². The summed E-state index contributed by atoms with van der Waals surface area (Å²) in [5.41, 5.74) is 14.5. The number of hydrogen-bond acceptors (Lipinski definition) is 6. The molecule has 4 aromatic carbocycles. The molecule has 2 N–H and O–H groups in total. The van der Waals surface area contributed by atoms with Crippen LogP contribution in [0.3, 0.4) is 0 Å². The number of aromatic nitrogens is 8. The molecule has 0 atom stereocenters. The van der Waals surface area contributed by atoms with Crippen LogP contribution in [0.15, 0.2) is 48.5 Å². The van der Waals surface area contributed by atoms with Crippen molar-refractivity contribution < 1.29 is 0 Å². The van der Waals surface area contributed by atoms with Crippen molar-refractivity contribution in [1.82, 2.24) is 39.9 Å². The summed E-state index contributed by atoms with van der Waals surface area (Å²) in [4.78, 5) is 42.4. The number of hydrogen-bond donors (Lipinski definition) is 2. The number of aromatic amines is 2. The molecule has 5 heterocycles. The molecule has 8 nitrogen and oxygen atoms in total. The number of nitrogens with zero attached hydrogens (tertiary/aromatic N) is 6. The summed E-state index contributed by atoms with van der Waals surface area (Å²) in [5.74, 6) is 2.55. The van der Waals surface area contributed by atoms with Crippen LogP contribution in [0.4, 0.5) is 0 Å². The summed E-state index contributed by atoms with van der Waals surface area (Å²) in [5, 5.41) is 4.20. The number of fused-ring (bicyclic) bond motifs is 20. The molecule has 0 amide bonds. The Morgan fingerprint density at radius 3 is 0.528 bits per heavy atom. The highest BCUT2D eigenvalue weighted by Gasteiger charge is 2.37. The van der Waals surface area contributed by atoms with Crippen LogP contribution in [0.5, 0.6) is 0 Å². The first-order chi connectivity index (χ1) is 32.8. The maximum Gasteiger partial charge on any atom is 0.165 e. The molecular weight excluding hydrogens is 881 g/mol. The van der Waals surface area contributed by atoms with E-state index in [0.717, 1.165) is 66.4 Å². The first-order valence-electron chi connectivity index (χ1n) is 26.3. The zero-order valence-electron chi connectivity index (χ0n) is 48.3. The van der Waals surface area contributed by atoms with Gasteiger partial charge in [0.15, 0.2) is 23.3 Å². The second-order valence-electron chi connectivity index (χ2n) is 29.3. The van der Waals surface area contributed by atoms with Crippen LogP contribution in [0.2, 0.25) is 0 Å². The largest absolute Gasteiger partial charge is 0.324 e. The Balaban J connectivity index is 1.68. The fraction of sp³-hybridized carbons (Fsp3) is 0.500. The molecule has 7 aromatic rings. The second-order valence-corrected chi connectivity index (χ2v) is 29.3. The lowest BCUT2D eigenvalue weighted by molar-refractivity contribution is 0.580. The van der Waals surface area contributed by atoms with Gasteiger partial charge in [0.1, 0.15) is 22.6 Å². The minimum absolute atomic E-state index is 0.240. The lowest BCUT2D eigenvalue weighted by Crippen LogP contribution is -2.17. The van der Waals surface area contributed by atoms with Crippen molar-refractivity contribution in [3.05, 3.63) is 93.0 Å². The van der Waals surface area contributed by atoms with Gasteiger partial charge in [0, 0.05) is 43.8 Å². The second kappa shape index (κ2) is 15.9. The van der Waals surface area contributed by atoms with Crippen molar-refractivity contribution in [1.29, 1.82) is 0 Å². The predicted octanol–water partition coefficient (Wildman–Crippen LogP) is 17.2. The van der Waals surface area contributed by atoms with E-state index in [0.29, 0.717) is 23.3 Å². The van der Waals surface area contributed by atoms with Crippen molar-refractivity contribution >= 4 is 44.1 Å². The van der Waals surface area contributed by atoms with Crippen LogP contribution in [0.25, 0.3) is 89.7 Å². The molecule has 0 unspecified atom stereocenters. The Morgan fingerprint density at radius 2 is 0.375 bits per heavy atom. The van der Waals surface area contributed by atoms with E-state index in [1.165, 1.54) is 44.5 Å². The molecule has 8 heteroatoms. The molecule has 0 fully saturated rings. The summed E-state index contributed by atoms with van der Waals surface area (Å²) >= 11 is 0. The monoisotopic (exact) mass is 963 g/mol. The fourth-order valence-corrected chi connectivity index (χ4v) is 11.3. The van der Waals surface area contributed by atoms with E-state index in [9.17, 15) is 0 Å². The van der Waals surface area contributed by atoms with Gasteiger partial charge < -0.3 is 9.97 Å². The van der Waals surface area contributed by atoms with Gasteiger partial charge in [0.25, 0.3) is 0 Å². The third-order valence-corrected chi connectivity index (χ3v) is 14.9. The highest BCUT2D eigenvalue weighted by molar-refractivity contribution is 6.11. The molecule has 0 saturated heterocycles. The molecule has 378 valence electrons. The van der Waals surface area contributed by atoms with E-state index in [2.05, 4.69) is 225 Å². The predicted molar refractivity (Wildman–Crippen MR) is 306 cm³/mol. The average Bonchev–Trinajstić information content (AvgIpc) is 3.95. The van der Waals surface area contributed by atoms with Gasteiger partial charge in [-0.25, -0.2) is 29.9 Å². The van der Waals surface area contributed by atoms with Gasteiger partial charge in [-0.1, -0.05) is 215 Å². The smallest absolute Gasteiger partial charge is 0.165 e. The summed E-state index contributed by atoms with van der Waals surface area (Å²) in [6, 6.07) is 18.5. The Bertz CT molecular complexity index is 3110. The van der Waals surface area contributed by atoms with Crippen LogP contribution in [-0.2, 0) is 43.3 Å². The van der Waals surface area contributed by atoms with Gasteiger partial charge in [0.2, 0.25) is 0 Å². The lowest BCUT2D eigenvalue weighted by Gasteiger charge is -2.27. The Kier molecular flexibility index (Phi) is 11.3. The SMILES string of the molecule is CC(C)(C)c1ccc(C(C)(C)C)c2c1-c1nc-2nc2[nH]c(nc3nc(nc4[nH]c(n1)c1c(C(C)(C)C)ccc(C(C)(C)C)c41)-c1c(C(C)(C)C)ccc(C(C)(C)C)c1-3)c1c(C(C)(C)C)ccc(C(C)(C)C)c21. The van der Waals surface area contributed by atoms with Gasteiger partial charge in [0.05, 0.1) is 0 Å². The van der Waals surface area contributed by atoms with E-state index in [4.69, 9.17) is 29.9 Å². The highest BCUT2D eigenvalue weighted by atomic mass is 15.1. The standard InChI is InChI=1S/C64H82N8/c1-57(2,3)33-25-26-34(58(4,5)6)42-41(33)49-65-50(42)70-52-45-37(61(13,14)15)29-30-38(62(16,17)18)46(45)54(67-52)72-56-48-40(64(22,23)24)32-31-39(63(19,20)21)47(48)55(68-56)71-53-44-36(60(10,11)12)28-27-35(59(7,8)9)43(44)51(66-53)69-49/h25-32H,1-24H3,(H2,65,66,67,68,69,70,71,72). The van der Waals surface area contributed by atoms with E-state index >= 15 is 0 Å². The number of nitrogens with one attached hydrogen (secondary N) is 2. The Labute approximate surface area is 430 Å². The minimum atomic E-state index is -0.246. The maximum atomic E-state index is 5.82. The Hall–Kier alpha value is -5.76. The minimum Gasteiger partial charge on any atom is -0.324 e. The van der Waals surface area contributed by atoms with Crippen molar-refractivity contribution in [3.8, 4) is 45.6 Å². The molecule has 72 heavy (non-hydrogen) atoms. The molecule has 0 saturated carbocycles. The third-order valence-electron chi connectivity index (χ3n) is 14.9. The summed E-state index contributed by atoms with van der Waals surface area (Å²) < 4.78 is 0. The first kappa shape index (κ1) is 51.2.